The molecule has 92 valence electrons. The second-order valence-corrected chi connectivity index (χ2v) is 5.80. The van der Waals surface area contributed by atoms with E-state index in [1.807, 2.05) is 0 Å². The van der Waals surface area contributed by atoms with Gasteiger partial charge in [0.1, 0.15) is 5.56 Å². The number of aromatic nitrogens is 1. The average Bonchev–Trinajstić information content (AvgIpc) is 3.00. The maximum atomic E-state index is 11.7. The summed E-state index contributed by atoms with van der Waals surface area (Å²) in [6.07, 6.45) is 3.17. The number of carboxylic acids is 1. The van der Waals surface area contributed by atoms with E-state index in [-0.39, 0.29) is 23.1 Å². The minimum atomic E-state index is -3.50. The second kappa shape index (κ2) is 4.33. The first kappa shape index (κ1) is 11.8. The predicted molar refractivity (Wildman–Crippen MR) is 61.3 cm³/mol. The lowest BCUT2D eigenvalue weighted by Gasteiger charge is -2.08. The molecule has 0 bridgehead atoms. The minimum absolute atomic E-state index is 0.0304. The predicted octanol–water partition coefficient (Wildman–Crippen LogP) is 0.931. The molecule has 0 radical (unpaired) electrons. The van der Waals surface area contributed by atoms with Gasteiger partial charge in [-0.25, -0.2) is 18.2 Å². The smallest absolute Gasteiger partial charge is 0.339 e. The fraction of sp³-hybridized carbons (Fsp3) is 0.400. The monoisotopic (exact) mass is 256 g/mol. The van der Waals surface area contributed by atoms with E-state index in [9.17, 15) is 13.2 Å². The molecule has 2 N–H and O–H groups in total. The van der Waals surface area contributed by atoms with Crippen LogP contribution in [-0.2, 0) is 10.0 Å². The van der Waals surface area contributed by atoms with Crippen LogP contribution in [0.4, 0.5) is 5.82 Å². The van der Waals surface area contributed by atoms with E-state index in [2.05, 4.69) is 9.71 Å². The Labute approximate surface area is 98.7 Å². The van der Waals surface area contributed by atoms with Crippen LogP contribution in [0.1, 0.15) is 23.2 Å². The topological polar surface area (TPSA) is 96.4 Å². The summed E-state index contributed by atoms with van der Waals surface area (Å²) in [6.45, 7) is 0. The molecule has 0 unspecified atom stereocenters. The highest BCUT2D eigenvalue weighted by molar-refractivity contribution is 7.92. The molecular formula is C10H12N2O4S. The highest BCUT2D eigenvalue weighted by atomic mass is 32.2. The molecule has 17 heavy (non-hydrogen) atoms. The molecule has 1 aliphatic rings. The van der Waals surface area contributed by atoms with Crippen LogP contribution in [0.25, 0.3) is 0 Å². The number of nitrogens with zero attached hydrogens (tertiary/aromatic N) is 1. The van der Waals surface area contributed by atoms with E-state index in [1.54, 1.807) is 0 Å². The number of aromatic carboxylic acids is 1. The molecule has 1 aromatic rings. The molecule has 0 aliphatic heterocycles. The summed E-state index contributed by atoms with van der Waals surface area (Å²) in [7, 11) is -3.50. The van der Waals surface area contributed by atoms with Crippen molar-refractivity contribution in [3.05, 3.63) is 23.9 Å². The number of pyridine rings is 1. The largest absolute Gasteiger partial charge is 0.478 e. The van der Waals surface area contributed by atoms with Crippen molar-refractivity contribution in [1.29, 1.82) is 0 Å². The average molecular weight is 256 g/mol. The van der Waals surface area contributed by atoms with Gasteiger partial charge in [-0.1, -0.05) is 0 Å². The lowest BCUT2D eigenvalue weighted by atomic mass is 10.3. The third-order valence-corrected chi connectivity index (χ3v) is 3.86. The van der Waals surface area contributed by atoms with Crippen molar-refractivity contribution in [3.63, 3.8) is 0 Å². The molecule has 1 aromatic heterocycles. The normalized spacial score (nSPS) is 15.5. The Bertz CT molecular complexity index is 537. The molecule has 0 amide bonds. The molecular weight excluding hydrogens is 244 g/mol. The zero-order valence-electron chi connectivity index (χ0n) is 8.96. The van der Waals surface area contributed by atoms with E-state index in [0.29, 0.717) is 0 Å². The van der Waals surface area contributed by atoms with Crippen LogP contribution in [0.15, 0.2) is 18.3 Å². The Morgan fingerprint density at radius 1 is 1.53 bits per heavy atom. The van der Waals surface area contributed by atoms with Gasteiger partial charge in [0.25, 0.3) is 0 Å². The third kappa shape index (κ3) is 3.16. The zero-order chi connectivity index (χ0) is 12.5. The minimum Gasteiger partial charge on any atom is -0.478 e. The number of anilines is 1. The van der Waals surface area contributed by atoms with Gasteiger partial charge in [0.15, 0.2) is 5.82 Å². The van der Waals surface area contributed by atoms with Crippen molar-refractivity contribution < 1.29 is 18.3 Å². The standard InChI is InChI=1S/C10H12N2O4S/c13-10(14)8-2-1-5-11-9(8)12-17(15,16)6-7-3-4-7/h1-2,5,7H,3-4,6H2,(H,11,12)(H,13,14). The third-order valence-electron chi connectivity index (χ3n) is 2.44. The van der Waals surface area contributed by atoms with Crippen molar-refractivity contribution >= 4 is 21.8 Å². The van der Waals surface area contributed by atoms with E-state index in [4.69, 9.17) is 5.11 Å². The van der Waals surface area contributed by atoms with Crippen LogP contribution in [0.2, 0.25) is 0 Å². The molecule has 1 saturated carbocycles. The SMILES string of the molecule is O=C(O)c1cccnc1NS(=O)(=O)CC1CC1. The van der Waals surface area contributed by atoms with Gasteiger partial charge in [-0.05, 0) is 30.9 Å². The Morgan fingerprint density at radius 2 is 2.24 bits per heavy atom. The fourth-order valence-corrected chi connectivity index (χ4v) is 2.94. The lowest BCUT2D eigenvalue weighted by Crippen LogP contribution is -2.20. The first-order valence-corrected chi connectivity index (χ1v) is 6.82. The van der Waals surface area contributed by atoms with Crippen LogP contribution in [-0.4, -0.2) is 30.2 Å². The second-order valence-electron chi connectivity index (χ2n) is 4.03. The number of hydrogen-bond donors (Lipinski definition) is 2. The molecule has 1 aliphatic carbocycles. The van der Waals surface area contributed by atoms with Crippen molar-refractivity contribution in [2.45, 2.75) is 12.8 Å². The maximum Gasteiger partial charge on any atom is 0.339 e. The highest BCUT2D eigenvalue weighted by Gasteiger charge is 2.28. The van der Waals surface area contributed by atoms with Crippen molar-refractivity contribution in [2.75, 3.05) is 10.5 Å². The summed E-state index contributed by atoms with van der Waals surface area (Å²) in [4.78, 5) is 14.6. The molecule has 2 rings (SSSR count). The molecule has 0 saturated heterocycles. The number of rotatable bonds is 5. The first-order valence-electron chi connectivity index (χ1n) is 5.17. The number of sulfonamides is 1. The molecule has 0 atom stereocenters. The van der Waals surface area contributed by atoms with Crippen molar-refractivity contribution in [1.82, 2.24) is 4.98 Å². The Kier molecular flexibility index (Phi) is 3.01. The van der Waals surface area contributed by atoms with Crippen LogP contribution < -0.4 is 4.72 Å². The number of nitrogens with one attached hydrogen (secondary N) is 1. The fourth-order valence-electron chi connectivity index (χ4n) is 1.44. The van der Waals surface area contributed by atoms with Gasteiger partial charge >= 0.3 is 5.97 Å². The number of carboxylic acid groups (broad SMARTS) is 1. The summed E-state index contributed by atoms with van der Waals surface area (Å²) < 4.78 is 25.6. The van der Waals surface area contributed by atoms with E-state index >= 15 is 0 Å². The Hall–Kier alpha value is -1.63. The molecule has 1 fully saturated rings. The summed E-state index contributed by atoms with van der Waals surface area (Å²) >= 11 is 0. The Balaban J connectivity index is 2.20. The molecule has 0 aromatic carbocycles. The zero-order valence-corrected chi connectivity index (χ0v) is 9.77. The summed E-state index contributed by atoms with van der Waals surface area (Å²) in [5.74, 6) is -1.10. The quantitative estimate of drug-likeness (QED) is 0.817. The van der Waals surface area contributed by atoms with Gasteiger partial charge in [0.2, 0.25) is 10.0 Å². The molecule has 1 heterocycles. The van der Waals surface area contributed by atoms with Gasteiger partial charge in [0, 0.05) is 6.20 Å². The van der Waals surface area contributed by atoms with Crippen LogP contribution in [0, 0.1) is 5.92 Å². The van der Waals surface area contributed by atoms with Crippen molar-refractivity contribution in [3.8, 4) is 0 Å². The van der Waals surface area contributed by atoms with Gasteiger partial charge in [-0.3, -0.25) is 4.72 Å². The van der Waals surface area contributed by atoms with E-state index < -0.39 is 16.0 Å². The van der Waals surface area contributed by atoms with E-state index in [0.717, 1.165) is 12.8 Å². The summed E-state index contributed by atoms with van der Waals surface area (Å²) in [5, 5.41) is 8.88. The molecule has 0 spiro atoms. The van der Waals surface area contributed by atoms with Gasteiger partial charge in [-0.15, -0.1) is 0 Å². The highest BCUT2D eigenvalue weighted by Crippen LogP contribution is 2.30. The van der Waals surface area contributed by atoms with E-state index in [1.165, 1.54) is 18.3 Å². The summed E-state index contributed by atoms with van der Waals surface area (Å²) in [6, 6.07) is 2.76. The van der Waals surface area contributed by atoms with Crippen LogP contribution in [0.3, 0.4) is 0 Å². The Morgan fingerprint density at radius 3 is 2.82 bits per heavy atom. The van der Waals surface area contributed by atoms with Gasteiger partial charge < -0.3 is 5.11 Å². The number of hydrogen-bond acceptors (Lipinski definition) is 4. The number of carbonyl (C=O) groups is 1. The lowest BCUT2D eigenvalue weighted by molar-refractivity contribution is 0.0697. The molecule has 7 heteroatoms. The summed E-state index contributed by atoms with van der Waals surface area (Å²) in [5.41, 5.74) is -0.146. The van der Waals surface area contributed by atoms with Gasteiger partial charge in [0.05, 0.1) is 5.75 Å². The van der Waals surface area contributed by atoms with Crippen LogP contribution in [0.5, 0.6) is 0 Å². The van der Waals surface area contributed by atoms with Crippen molar-refractivity contribution in [2.24, 2.45) is 5.92 Å². The first-order chi connectivity index (χ1) is 7.98. The molecule has 6 nitrogen and oxygen atoms in total. The van der Waals surface area contributed by atoms with Crippen LogP contribution >= 0.6 is 0 Å². The van der Waals surface area contributed by atoms with Gasteiger partial charge in [-0.2, -0.15) is 0 Å². The maximum absolute atomic E-state index is 11.7.